The predicted molar refractivity (Wildman–Crippen MR) is 73.9 cm³/mol. The smallest absolute Gasteiger partial charge is 0.288 e. The van der Waals surface area contributed by atoms with Gasteiger partial charge >= 0.3 is 6.18 Å². The minimum Gasteiger partial charge on any atom is -0.288 e. The van der Waals surface area contributed by atoms with E-state index in [1.807, 2.05) is 0 Å². The maximum atomic E-state index is 12.5. The van der Waals surface area contributed by atoms with Crippen LogP contribution >= 0.6 is 23.2 Å². The van der Waals surface area contributed by atoms with E-state index in [4.69, 9.17) is 23.2 Å². The average Bonchev–Trinajstić information content (AvgIpc) is 2.40. The van der Waals surface area contributed by atoms with Crippen LogP contribution in [0.15, 0.2) is 30.3 Å². The molecule has 0 unspecified atom stereocenters. The molecule has 2 rings (SSSR count). The first-order valence-corrected chi connectivity index (χ1v) is 6.51. The number of carbonyl (C=O) groups is 1. The molecule has 0 saturated carbocycles. The van der Waals surface area contributed by atoms with Crippen LogP contribution in [-0.2, 0) is 6.18 Å². The van der Waals surface area contributed by atoms with Crippen molar-refractivity contribution in [2.75, 3.05) is 0 Å². The Labute approximate surface area is 128 Å². The fourth-order valence-corrected chi connectivity index (χ4v) is 2.17. The van der Waals surface area contributed by atoms with E-state index in [0.717, 1.165) is 12.1 Å². The third kappa shape index (κ3) is 3.19. The van der Waals surface area contributed by atoms with Gasteiger partial charge in [0.25, 0.3) is 0 Å². The standard InChI is InChI=1S/C14H8Cl2F3NO/c1-7-8(3-2-4-10(7)15)12(21)9-5-6-11(14(17,18)19)20-13(9)16/h2-6H,1H3. The summed E-state index contributed by atoms with van der Waals surface area (Å²) < 4.78 is 37.6. The van der Waals surface area contributed by atoms with Gasteiger partial charge in [-0.3, -0.25) is 4.79 Å². The van der Waals surface area contributed by atoms with Crippen LogP contribution in [-0.4, -0.2) is 10.8 Å². The van der Waals surface area contributed by atoms with Crippen LogP contribution in [0.2, 0.25) is 10.2 Å². The lowest BCUT2D eigenvalue weighted by molar-refractivity contribution is -0.141. The van der Waals surface area contributed by atoms with E-state index in [2.05, 4.69) is 4.98 Å². The van der Waals surface area contributed by atoms with E-state index in [1.165, 1.54) is 6.07 Å². The largest absolute Gasteiger partial charge is 0.433 e. The lowest BCUT2D eigenvalue weighted by atomic mass is 10.00. The lowest BCUT2D eigenvalue weighted by Crippen LogP contribution is -2.11. The van der Waals surface area contributed by atoms with E-state index in [1.54, 1.807) is 19.1 Å². The molecule has 0 aliphatic carbocycles. The number of benzene rings is 1. The SMILES string of the molecule is Cc1c(Cl)cccc1C(=O)c1ccc(C(F)(F)F)nc1Cl. The molecule has 0 aliphatic heterocycles. The van der Waals surface area contributed by atoms with Crippen LogP contribution in [0.25, 0.3) is 0 Å². The van der Waals surface area contributed by atoms with Crippen molar-refractivity contribution in [3.63, 3.8) is 0 Å². The van der Waals surface area contributed by atoms with E-state index < -0.39 is 22.8 Å². The second kappa shape index (κ2) is 5.66. The maximum Gasteiger partial charge on any atom is 0.433 e. The number of halogens is 5. The van der Waals surface area contributed by atoms with Crippen molar-refractivity contribution in [2.24, 2.45) is 0 Å². The molecule has 21 heavy (non-hydrogen) atoms. The lowest BCUT2D eigenvalue weighted by Gasteiger charge is -2.10. The summed E-state index contributed by atoms with van der Waals surface area (Å²) in [5, 5.41) is -0.106. The first kappa shape index (κ1) is 15.8. The fraction of sp³-hybridized carbons (Fsp3) is 0.143. The minimum atomic E-state index is -4.61. The number of rotatable bonds is 2. The molecule has 110 valence electrons. The van der Waals surface area contributed by atoms with E-state index in [-0.39, 0.29) is 11.1 Å². The number of aromatic nitrogens is 1. The summed E-state index contributed by atoms with van der Waals surface area (Å²) in [6, 6.07) is 6.45. The number of hydrogen-bond acceptors (Lipinski definition) is 2. The normalized spacial score (nSPS) is 11.5. The van der Waals surface area contributed by atoms with Gasteiger partial charge in [0.05, 0.1) is 5.56 Å². The Kier molecular flexibility index (Phi) is 4.25. The molecule has 0 bridgehead atoms. The second-order valence-electron chi connectivity index (χ2n) is 4.27. The summed E-state index contributed by atoms with van der Waals surface area (Å²) in [7, 11) is 0. The van der Waals surface area contributed by atoms with Gasteiger partial charge in [0.1, 0.15) is 10.8 Å². The summed E-state index contributed by atoms with van der Waals surface area (Å²) in [5.74, 6) is -0.527. The molecule has 0 fully saturated rings. The minimum absolute atomic E-state index is 0.102. The molecule has 0 amide bonds. The second-order valence-corrected chi connectivity index (χ2v) is 5.04. The first-order valence-electron chi connectivity index (χ1n) is 5.75. The first-order chi connectivity index (χ1) is 9.71. The number of carbonyl (C=O) groups excluding carboxylic acids is 1. The van der Waals surface area contributed by atoms with Gasteiger partial charge < -0.3 is 0 Å². The van der Waals surface area contributed by atoms with E-state index in [0.29, 0.717) is 10.6 Å². The van der Waals surface area contributed by atoms with Crippen LogP contribution in [0.3, 0.4) is 0 Å². The third-order valence-electron chi connectivity index (χ3n) is 2.90. The van der Waals surface area contributed by atoms with Crippen LogP contribution in [0.1, 0.15) is 27.2 Å². The molecule has 2 nitrogen and oxygen atoms in total. The third-order valence-corrected chi connectivity index (χ3v) is 3.59. The van der Waals surface area contributed by atoms with Gasteiger partial charge in [-0.15, -0.1) is 0 Å². The Morgan fingerprint density at radius 3 is 2.33 bits per heavy atom. The summed E-state index contributed by atoms with van der Waals surface area (Å²) in [6.07, 6.45) is -4.61. The quantitative estimate of drug-likeness (QED) is 0.575. The molecule has 0 atom stereocenters. The number of alkyl halides is 3. The number of pyridine rings is 1. The number of nitrogens with zero attached hydrogens (tertiary/aromatic N) is 1. The van der Waals surface area contributed by atoms with Crippen LogP contribution in [0.4, 0.5) is 13.2 Å². The molecule has 7 heteroatoms. The van der Waals surface area contributed by atoms with Gasteiger partial charge in [-0.05, 0) is 30.7 Å². The molecule has 1 aromatic heterocycles. The van der Waals surface area contributed by atoms with Gasteiger partial charge in [0, 0.05) is 10.6 Å². The Bertz CT molecular complexity index is 714. The van der Waals surface area contributed by atoms with Gasteiger partial charge in [0.15, 0.2) is 5.78 Å². The molecular formula is C14H8Cl2F3NO. The maximum absolute atomic E-state index is 12.5. The highest BCUT2D eigenvalue weighted by Crippen LogP contribution is 2.30. The highest BCUT2D eigenvalue weighted by Gasteiger charge is 2.33. The highest BCUT2D eigenvalue weighted by atomic mass is 35.5. The van der Waals surface area contributed by atoms with Crippen molar-refractivity contribution in [1.82, 2.24) is 4.98 Å². The molecular weight excluding hydrogens is 326 g/mol. The zero-order valence-corrected chi connectivity index (χ0v) is 12.1. The fourth-order valence-electron chi connectivity index (χ4n) is 1.76. The Morgan fingerprint density at radius 2 is 1.76 bits per heavy atom. The van der Waals surface area contributed by atoms with Crippen molar-refractivity contribution >= 4 is 29.0 Å². The molecule has 0 radical (unpaired) electrons. The van der Waals surface area contributed by atoms with Crippen molar-refractivity contribution < 1.29 is 18.0 Å². The molecule has 0 saturated heterocycles. The van der Waals surface area contributed by atoms with E-state index in [9.17, 15) is 18.0 Å². The van der Waals surface area contributed by atoms with Crippen LogP contribution < -0.4 is 0 Å². The highest BCUT2D eigenvalue weighted by molar-refractivity contribution is 6.35. The van der Waals surface area contributed by atoms with Crippen molar-refractivity contribution in [3.05, 3.63) is 62.9 Å². The zero-order valence-electron chi connectivity index (χ0n) is 10.6. The Morgan fingerprint density at radius 1 is 1.10 bits per heavy atom. The summed E-state index contributed by atoms with van der Waals surface area (Å²) in [6.45, 7) is 1.64. The molecule has 0 aliphatic rings. The van der Waals surface area contributed by atoms with E-state index >= 15 is 0 Å². The molecule has 0 spiro atoms. The topological polar surface area (TPSA) is 30.0 Å². The van der Waals surface area contributed by atoms with Gasteiger partial charge in [-0.25, -0.2) is 4.98 Å². The van der Waals surface area contributed by atoms with Crippen molar-refractivity contribution in [3.8, 4) is 0 Å². The molecule has 1 aromatic carbocycles. The summed E-state index contributed by atoms with van der Waals surface area (Å²) in [5.41, 5.74) is -0.451. The number of hydrogen-bond donors (Lipinski definition) is 0. The summed E-state index contributed by atoms with van der Waals surface area (Å²) >= 11 is 11.6. The summed E-state index contributed by atoms with van der Waals surface area (Å²) in [4.78, 5) is 15.6. The van der Waals surface area contributed by atoms with Crippen LogP contribution in [0, 0.1) is 6.92 Å². The predicted octanol–water partition coefficient (Wildman–Crippen LogP) is 4.95. The van der Waals surface area contributed by atoms with Gasteiger partial charge in [0.2, 0.25) is 0 Å². The zero-order chi connectivity index (χ0) is 15.8. The van der Waals surface area contributed by atoms with Crippen LogP contribution in [0.5, 0.6) is 0 Å². The molecule has 2 aromatic rings. The average molecular weight is 334 g/mol. The number of ketones is 1. The van der Waals surface area contributed by atoms with Crippen molar-refractivity contribution in [1.29, 1.82) is 0 Å². The molecule has 1 heterocycles. The molecule has 0 N–H and O–H groups in total. The van der Waals surface area contributed by atoms with Gasteiger partial charge in [-0.2, -0.15) is 13.2 Å². The monoisotopic (exact) mass is 333 g/mol. The Balaban J connectivity index is 2.48. The van der Waals surface area contributed by atoms with Gasteiger partial charge in [-0.1, -0.05) is 35.3 Å². The van der Waals surface area contributed by atoms with Crippen molar-refractivity contribution in [2.45, 2.75) is 13.1 Å². The Hall–Kier alpha value is -1.59.